The van der Waals surface area contributed by atoms with Crippen LogP contribution < -0.4 is 10.6 Å². The lowest BCUT2D eigenvalue weighted by molar-refractivity contribution is 0.0650. The Morgan fingerprint density at radius 2 is 1.96 bits per heavy atom. The normalized spacial score (nSPS) is 12.6. The number of aromatic nitrogens is 2. The van der Waals surface area contributed by atoms with Crippen molar-refractivity contribution < 1.29 is 9.90 Å². The number of nitrogens with one attached hydrogen (secondary N) is 2. The lowest BCUT2D eigenvalue weighted by Gasteiger charge is -2.25. The third-order valence-corrected chi connectivity index (χ3v) is 4.15. The molecule has 1 aromatic carbocycles. The Kier molecular flexibility index (Phi) is 6.58. The molecule has 3 N–H and O–H groups in total. The summed E-state index contributed by atoms with van der Waals surface area (Å²) in [5, 5.41) is 15.4. The number of imidazole rings is 1. The molecule has 1 aromatic heterocycles. The molecule has 6 nitrogen and oxygen atoms in total. The highest BCUT2D eigenvalue weighted by atomic mass is 16.3. The van der Waals surface area contributed by atoms with Crippen molar-refractivity contribution in [3.8, 4) is 0 Å². The molecule has 0 aliphatic rings. The van der Waals surface area contributed by atoms with Gasteiger partial charge in [-0.05, 0) is 17.4 Å². The molecule has 0 aliphatic carbocycles. The van der Waals surface area contributed by atoms with E-state index < -0.39 is 6.10 Å². The van der Waals surface area contributed by atoms with E-state index in [-0.39, 0.29) is 18.0 Å². The predicted octanol–water partition coefficient (Wildman–Crippen LogP) is 2.33. The average molecular weight is 344 g/mol. The van der Waals surface area contributed by atoms with E-state index in [4.69, 9.17) is 0 Å². The van der Waals surface area contributed by atoms with Crippen LogP contribution in [0.25, 0.3) is 0 Å². The minimum atomic E-state index is -0.592. The standard InChI is InChI=1S/C19H28N4O2/c1-19(2,3)16(24)13-21-18(25)22-14-17-20-10-12-23(17)11-9-15-7-5-4-6-8-15/h4-8,10,12,16,24H,9,11,13-14H2,1-3H3,(H2,21,22,25). The van der Waals surface area contributed by atoms with Crippen molar-refractivity contribution >= 4 is 6.03 Å². The molecule has 1 atom stereocenters. The molecule has 0 bridgehead atoms. The zero-order valence-electron chi connectivity index (χ0n) is 15.2. The largest absolute Gasteiger partial charge is 0.391 e. The molecule has 2 rings (SSSR count). The van der Waals surface area contributed by atoms with Crippen molar-refractivity contribution in [3.05, 3.63) is 54.1 Å². The van der Waals surface area contributed by atoms with Crippen LogP contribution in [-0.2, 0) is 19.5 Å². The van der Waals surface area contributed by atoms with E-state index in [1.807, 2.05) is 49.7 Å². The Labute approximate surface area is 149 Å². The van der Waals surface area contributed by atoms with E-state index in [2.05, 4.69) is 27.8 Å². The van der Waals surface area contributed by atoms with Gasteiger partial charge in [0.1, 0.15) is 5.82 Å². The SMILES string of the molecule is CC(C)(C)C(O)CNC(=O)NCc1nccn1CCc1ccccc1. The Morgan fingerprint density at radius 3 is 2.64 bits per heavy atom. The molecule has 0 aliphatic heterocycles. The average Bonchev–Trinajstić information content (AvgIpc) is 3.03. The van der Waals surface area contributed by atoms with Gasteiger partial charge < -0.3 is 20.3 Å². The maximum atomic E-state index is 11.9. The number of rotatable bonds is 7. The van der Waals surface area contributed by atoms with E-state index in [9.17, 15) is 9.90 Å². The lowest BCUT2D eigenvalue weighted by Crippen LogP contribution is -2.43. The first-order valence-corrected chi connectivity index (χ1v) is 8.60. The minimum Gasteiger partial charge on any atom is -0.391 e. The summed E-state index contributed by atoms with van der Waals surface area (Å²) in [6, 6.07) is 9.96. The zero-order chi connectivity index (χ0) is 18.3. The molecule has 0 saturated carbocycles. The van der Waals surface area contributed by atoms with Crippen molar-refractivity contribution in [3.63, 3.8) is 0 Å². The van der Waals surface area contributed by atoms with Crippen LogP contribution in [0.4, 0.5) is 4.79 Å². The molecule has 6 heteroatoms. The van der Waals surface area contributed by atoms with Gasteiger partial charge in [-0.3, -0.25) is 0 Å². The number of amides is 2. The predicted molar refractivity (Wildman–Crippen MR) is 98.1 cm³/mol. The number of aliphatic hydroxyl groups excluding tert-OH is 1. The first-order chi connectivity index (χ1) is 11.9. The smallest absolute Gasteiger partial charge is 0.315 e. The fourth-order valence-corrected chi connectivity index (χ4v) is 2.32. The van der Waals surface area contributed by atoms with E-state index in [0.717, 1.165) is 18.8 Å². The summed E-state index contributed by atoms with van der Waals surface area (Å²) in [6.07, 6.45) is 3.98. The molecule has 0 saturated heterocycles. The number of benzene rings is 1. The monoisotopic (exact) mass is 344 g/mol. The maximum absolute atomic E-state index is 11.9. The summed E-state index contributed by atoms with van der Waals surface area (Å²) in [6.45, 7) is 7.17. The Hall–Kier alpha value is -2.34. The van der Waals surface area contributed by atoms with Crippen molar-refractivity contribution in [2.45, 2.75) is 46.4 Å². The molecule has 0 radical (unpaired) electrons. The molecular weight excluding hydrogens is 316 g/mol. The number of aryl methyl sites for hydroxylation is 2. The van der Waals surface area contributed by atoms with Gasteiger partial charge in [0, 0.05) is 25.5 Å². The van der Waals surface area contributed by atoms with E-state index >= 15 is 0 Å². The molecule has 1 unspecified atom stereocenters. The van der Waals surface area contributed by atoms with Gasteiger partial charge in [-0.1, -0.05) is 51.1 Å². The molecule has 136 valence electrons. The van der Waals surface area contributed by atoms with Crippen LogP contribution in [0.15, 0.2) is 42.7 Å². The Morgan fingerprint density at radius 1 is 1.24 bits per heavy atom. The van der Waals surface area contributed by atoms with Crippen LogP contribution in [0.2, 0.25) is 0 Å². The number of carbonyl (C=O) groups is 1. The number of aliphatic hydroxyl groups is 1. The zero-order valence-corrected chi connectivity index (χ0v) is 15.2. The van der Waals surface area contributed by atoms with Gasteiger partial charge in [-0.2, -0.15) is 0 Å². The van der Waals surface area contributed by atoms with Gasteiger partial charge in [0.2, 0.25) is 0 Å². The molecule has 2 amide bonds. The van der Waals surface area contributed by atoms with Crippen LogP contribution in [0.3, 0.4) is 0 Å². The third-order valence-electron chi connectivity index (χ3n) is 4.15. The summed E-state index contributed by atoms with van der Waals surface area (Å²) in [4.78, 5) is 16.2. The second-order valence-electron chi connectivity index (χ2n) is 7.22. The summed E-state index contributed by atoms with van der Waals surface area (Å²) in [5.41, 5.74) is 1.00. The van der Waals surface area contributed by atoms with Crippen LogP contribution in [-0.4, -0.2) is 33.3 Å². The second-order valence-corrected chi connectivity index (χ2v) is 7.22. The summed E-state index contributed by atoms with van der Waals surface area (Å²) >= 11 is 0. The fourth-order valence-electron chi connectivity index (χ4n) is 2.32. The van der Waals surface area contributed by atoms with Crippen LogP contribution >= 0.6 is 0 Å². The van der Waals surface area contributed by atoms with Crippen molar-refractivity contribution in [1.29, 1.82) is 0 Å². The molecule has 1 heterocycles. The number of hydrogen-bond donors (Lipinski definition) is 3. The van der Waals surface area contributed by atoms with Gasteiger partial charge >= 0.3 is 6.03 Å². The first-order valence-electron chi connectivity index (χ1n) is 8.60. The van der Waals surface area contributed by atoms with Crippen molar-refractivity contribution in [1.82, 2.24) is 20.2 Å². The number of urea groups is 1. The molecular formula is C19H28N4O2. The van der Waals surface area contributed by atoms with E-state index in [1.54, 1.807) is 6.20 Å². The number of hydrogen-bond acceptors (Lipinski definition) is 3. The molecule has 2 aromatic rings. The second kappa shape index (κ2) is 8.67. The quantitative estimate of drug-likeness (QED) is 0.721. The van der Waals surface area contributed by atoms with Crippen LogP contribution in [0, 0.1) is 5.41 Å². The third kappa shape index (κ3) is 6.23. The summed E-state index contributed by atoms with van der Waals surface area (Å²) in [7, 11) is 0. The fraction of sp³-hybridized carbons (Fsp3) is 0.474. The van der Waals surface area contributed by atoms with Gasteiger partial charge in [-0.15, -0.1) is 0 Å². The Bertz CT molecular complexity index is 662. The van der Waals surface area contributed by atoms with Crippen LogP contribution in [0.5, 0.6) is 0 Å². The minimum absolute atomic E-state index is 0.220. The highest BCUT2D eigenvalue weighted by Gasteiger charge is 2.22. The van der Waals surface area contributed by atoms with E-state index in [0.29, 0.717) is 6.54 Å². The van der Waals surface area contributed by atoms with Crippen molar-refractivity contribution in [2.24, 2.45) is 5.41 Å². The first kappa shape index (κ1) is 19.0. The van der Waals surface area contributed by atoms with Gasteiger partial charge in [-0.25, -0.2) is 9.78 Å². The van der Waals surface area contributed by atoms with E-state index in [1.165, 1.54) is 5.56 Å². The highest BCUT2D eigenvalue weighted by molar-refractivity contribution is 5.73. The van der Waals surface area contributed by atoms with Gasteiger partial charge in [0.05, 0.1) is 12.6 Å². The van der Waals surface area contributed by atoms with Gasteiger partial charge in [0.15, 0.2) is 0 Å². The van der Waals surface area contributed by atoms with Crippen LogP contribution in [0.1, 0.15) is 32.2 Å². The highest BCUT2D eigenvalue weighted by Crippen LogP contribution is 2.17. The maximum Gasteiger partial charge on any atom is 0.315 e. The number of carbonyl (C=O) groups excluding carboxylic acids is 1. The molecule has 0 spiro atoms. The molecule has 0 fully saturated rings. The molecule has 25 heavy (non-hydrogen) atoms. The summed E-state index contributed by atoms with van der Waals surface area (Å²) < 4.78 is 2.04. The summed E-state index contributed by atoms with van der Waals surface area (Å²) in [5.74, 6) is 0.808. The lowest BCUT2D eigenvalue weighted by atomic mass is 9.89. The number of nitrogens with zero attached hydrogens (tertiary/aromatic N) is 2. The van der Waals surface area contributed by atoms with Gasteiger partial charge in [0.25, 0.3) is 0 Å². The van der Waals surface area contributed by atoms with Crippen molar-refractivity contribution in [2.75, 3.05) is 6.54 Å². The topological polar surface area (TPSA) is 79.2 Å². The Balaban J connectivity index is 1.78.